The Morgan fingerprint density at radius 2 is 1.84 bits per heavy atom. The third-order valence-electron chi connectivity index (χ3n) is 12.1. The van der Waals surface area contributed by atoms with E-state index in [0.717, 1.165) is 46.6 Å². The van der Waals surface area contributed by atoms with Crippen molar-refractivity contribution in [1.29, 1.82) is 0 Å². The highest BCUT2D eigenvalue weighted by molar-refractivity contribution is 6.00. The van der Waals surface area contributed by atoms with Crippen molar-refractivity contribution in [2.75, 3.05) is 39.2 Å². The van der Waals surface area contributed by atoms with Crippen molar-refractivity contribution < 1.29 is 38.6 Å². The normalized spacial score (nSPS) is 14.7. The van der Waals surface area contributed by atoms with Crippen molar-refractivity contribution >= 4 is 59.1 Å². The summed E-state index contributed by atoms with van der Waals surface area (Å²) in [5.41, 5.74) is 8.35. The highest BCUT2D eigenvalue weighted by Crippen LogP contribution is 2.38. The molecule has 2 aromatic carbocycles. The Hall–Kier alpha value is -6.85. The van der Waals surface area contributed by atoms with Crippen LogP contribution in [-0.2, 0) is 55.1 Å². The summed E-state index contributed by atoms with van der Waals surface area (Å²) < 4.78 is 14.6. The van der Waals surface area contributed by atoms with Gasteiger partial charge in [0, 0.05) is 75.5 Å². The predicted molar refractivity (Wildman–Crippen MR) is 265 cm³/mol. The Kier molecular flexibility index (Phi) is 17.8. The summed E-state index contributed by atoms with van der Waals surface area (Å²) in [6.07, 6.45) is 9.59. The average Bonchev–Trinajstić information content (AvgIpc) is 3.82. The van der Waals surface area contributed by atoms with Gasteiger partial charge < -0.3 is 39.2 Å². The van der Waals surface area contributed by atoms with E-state index in [9.17, 15) is 29.1 Å². The highest BCUT2D eigenvalue weighted by atomic mass is 16.5. The van der Waals surface area contributed by atoms with E-state index in [4.69, 9.17) is 9.47 Å². The lowest BCUT2D eigenvalue weighted by Gasteiger charge is -2.34. The van der Waals surface area contributed by atoms with Gasteiger partial charge in [0.25, 0.3) is 18.3 Å². The van der Waals surface area contributed by atoms with E-state index in [1.165, 1.54) is 27.7 Å². The molecule has 0 saturated carbocycles. The topological polar surface area (TPSA) is 202 Å². The molecule has 0 spiro atoms. The molecule has 17 nitrogen and oxygen atoms in total. The number of carbonyl (C=O) groups excluding carboxylic acids is 5. The predicted octanol–water partition coefficient (Wildman–Crippen LogP) is 6.22. The lowest BCUT2D eigenvalue weighted by Crippen LogP contribution is -2.59. The van der Waals surface area contributed by atoms with E-state index >= 15 is 0 Å². The van der Waals surface area contributed by atoms with Crippen LogP contribution in [-0.4, -0.2) is 117 Å². The lowest BCUT2D eigenvalue weighted by molar-refractivity contribution is -0.141. The maximum absolute atomic E-state index is 14.4. The van der Waals surface area contributed by atoms with Gasteiger partial charge in [-0.3, -0.25) is 34.0 Å². The Labute approximate surface area is 398 Å². The third kappa shape index (κ3) is 12.4. The number of nitrogens with zero attached hydrogens (tertiary/aromatic N) is 6. The Balaban J connectivity index is 1.56. The van der Waals surface area contributed by atoms with Crippen LogP contribution in [0.15, 0.2) is 78.6 Å². The number of aromatic nitrogens is 3. The number of benzene rings is 2. The summed E-state index contributed by atoms with van der Waals surface area (Å²) in [6.45, 7) is 21.3. The van der Waals surface area contributed by atoms with Crippen molar-refractivity contribution in [3.05, 3.63) is 96.2 Å². The van der Waals surface area contributed by atoms with E-state index in [1.54, 1.807) is 52.4 Å². The molecule has 0 radical (unpaired) electrons. The number of aliphatic imine (C=N–C) groups is 1. The van der Waals surface area contributed by atoms with Crippen LogP contribution < -0.4 is 16.1 Å². The first-order valence-corrected chi connectivity index (χ1v) is 22.9. The Morgan fingerprint density at radius 3 is 2.47 bits per heavy atom. The molecule has 17 heteroatoms. The largest absolute Gasteiger partial charge is 0.508 e. The summed E-state index contributed by atoms with van der Waals surface area (Å²) in [6, 6.07) is 9.14. The highest BCUT2D eigenvalue weighted by Gasteiger charge is 2.36. The molecule has 1 saturated heterocycles. The van der Waals surface area contributed by atoms with Gasteiger partial charge in [-0.05, 0) is 97.7 Å². The van der Waals surface area contributed by atoms with Crippen molar-refractivity contribution in [3.8, 4) is 16.9 Å². The molecule has 1 aliphatic rings. The molecular formula is C51H67N9O8. The second-order valence-corrected chi connectivity index (χ2v) is 18.1. The first kappa shape index (κ1) is 52.1. The van der Waals surface area contributed by atoms with Crippen molar-refractivity contribution in [1.82, 2.24) is 34.8 Å². The van der Waals surface area contributed by atoms with Gasteiger partial charge in [-0.2, -0.15) is 0 Å². The molecule has 1 fully saturated rings. The number of hydrogen-bond donors (Lipinski definition) is 4. The van der Waals surface area contributed by atoms with Gasteiger partial charge in [0.2, 0.25) is 17.6 Å². The standard InChI is InChI=1S/C51H67N9O8/c1-12-19-52-40(33(6)67-11)27-43-39(28-51(7,8)30-68-31-61)38-26-35(17-18-42(38)59(43)14-3)36-22-34(23-37(62)25-36)24-41(49(65)60-21-16-15-20-54-60)55-48(64)46(32(4)5)58(10)50(66)47-53-29-44(57(47)9)56-45(63)13-2/h12-13,17-19,22-23,25-27,29,31-33,41,46,54,62H,1-2,14-16,20-21,24,28,30H2,3-11H3,(H,55,64)(H,56,63)/b40-27+,52-19?. The van der Waals surface area contributed by atoms with E-state index in [0.29, 0.717) is 49.4 Å². The van der Waals surface area contributed by atoms with Crippen LogP contribution in [0.4, 0.5) is 5.82 Å². The number of ether oxygens (including phenoxy) is 2. The minimum Gasteiger partial charge on any atom is -0.508 e. The minimum absolute atomic E-state index is 0.00856. The van der Waals surface area contributed by atoms with Crippen LogP contribution in [0.1, 0.15) is 81.8 Å². The number of fused-ring (bicyclic) bond motifs is 1. The summed E-state index contributed by atoms with van der Waals surface area (Å²) in [4.78, 5) is 76.2. The molecule has 4 N–H and O–H groups in total. The maximum Gasteiger partial charge on any atom is 0.293 e. The van der Waals surface area contributed by atoms with E-state index in [-0.39, 0.29) is 42.4 Å². The number of aryl methyl sites for hydroxylation is 1. The van der Waals surface area contributed by atoms with Crippen LogP contribution in [0.25, 0.3) is 28.1 Å². The smallest absolute Gasteiger partial charge is 0.293 e. The summed E-state index contributed by atoms with van der Waals surface area (Å²) in [5, 5.41) is 19.4. The second kappa shape index (κ2) is 23.2. The zero-order valence-corrected chi connectivity index (χ0v) is 40.8. The van der Waals surface area contributed by atoms with Gasteiger partial charge >= 0.3 is 0 Å². The number of likely N-dealkylation sites (N-methyl/N-ethyl adjacent to an activating group) is 1. The molecule has 0 bridgehead atoms. The number of hydrazine groups is 1. The molecule has 1 aliphatic heterocycles. The average molecular weight is 934 g/mol. The van der Waals surface area contributed by atoms with Gasteiger partial charge in [-0.1, -0.05) is 59.1 Å². The maximum atomic E-state index is 14.4. The van der Waals surface area contributed by atoms with Crippen molar-refractivity contribution in [3.63, 3.8) is 0 Å². The first-order valence-electron chi connectivity index (χ1n) is 22.9. The summed E-state index contributed by atoms with van der Waals surface area (Å²) in [7, 11) is 4.70. The lowest BCUT2D eigenvalue weighted by atomic mass is 9.85. The molecule has 364 valence electrons. The van der Waals surface area contributed by atoms with Crippen molar-refractivity contribution in [2.45, 2.75) is 92.0 Å². The van der Waals surface area contributed by atoms with Gasteiger partial charge in [0.15, 0.2) is 0 Å². The fourth-order valence-corrected chi connectivity index (χ4v) is 8.59. The molecule has 3 unspecified atom stereocenters. The molecule has 3 heterocycles. The number of imidazole rings is 1. The Bertz CT molecular complexity index is 2560. The fourth-order valence-electron chi connectivity index (χ4n) is 8.59. The van der Waals surface area contributed by atoms with Crippen LogP contribution >= 0.6 is 0 Å². The Morgan fingerprint density at radius 1 is 1.09 bits per heavy atom. The van der Waals surface area contributed by atoms with Gasteiger partial charge in [0.1, 0.15) is 23.7 Å². The number of hydrogen-bond acceptors (Lipinski definition) is 11. The molecule has 2 aromatic heterocycles. The molecular weight excluding hydrogens is 867 g/mol. The number of allylic oxidation sites excluding steroid dienone is 1. The fraction of sp³-hybridized carbons (Fsp3) is 0.431. The molecule has 5 rings (SSSR count). The van der Waals surface area contributed by atoms with E-state index in [1.807, 2.05) is 45.0 Å². The zero-order valence-electron chi connectivity index (χ0n) is 40.8. The number of methoxy groups -OCH3 is 1. The number of carbonyl (C=O) groups is 5. The molecule has 0 aliphatic carbocycles. The van der Waals surface area contributed by atoms with Crippen LogP contribution in [0.2, 0.25) is 0 Å². The quantitative estimate of drug-likeness (QED) is 0.0399. The second-order valence-electron chi connectivity index (χ2n) is 18.1. The number of anilines is 1. The monoisotopic (exact) mass is 934 g/mol. The van der Waals surface area contributed by atoms with Gasteiger partial charge in [-0.15, -0.1) is 0 Å². The molecule has 4 amide bonds. The number of phenols is 1. The summed E-state index contributed by atoms with van der Waals surface area (Å²) in [5.74, 6) is -2.12. The molecule has 4 aromatic rings. The number of rotatable bonds is 22. The van der Waals surface area contributed by atoms with E-state index in [2.05, 4.69) is 56.8 Å². The first-order chi connectivity index (χ1) is 32.4. The third-order valence-corrected chi connectivity index (χ3v) is 12.1. The number of nitrogens with one attached hydrogen (secondary N) is 3. The molecule has 3 atom stereocenters. The van der Waals surface area contributed by atoms with Crippen LogP contribution in [0, 0.1) is 11.3 Å². The molecule has 68 heavy (non-hydrogen) atoms. The van der Waals surface area contributed by atoms with Gasteiger partial charge in [-0.25, -0.2) is 10.4 Å². The number of phenolic OH excluding ortho intramolecular Hbond substituents is 1. The summed E-state index contributed by atoms with van der Waals surface area (Å²) >= 11 is 0. The van der Waals surface area contributed by atoms with Crippen molar-refractivity contribution in [2.24, 2.45) is 23.4 Å². The zero-order chi connectivity index (χ0) is 49.9. The van der Waals surface area contributed by atoms with E-state index < -0.39 is 41.1 Å². The SMILES string of the molecule is C=CC=N/C(=C/c1c(CC(C)(C)COC=O)c2cc(-c3cc(O)cc(CC(NC(=O)C(C(C)C)N(C)C(=O)c4ncc(NC(=O)C=C)n4C)C(=O)N4CCCCN4)c3)ccc2n1CC)C(C)OC. The minimum atomic E-state index is -1.09. The van der Waals surface area contributed by atoms with Gasteiger partial charge in [0.05, 0.1) is 24.6 Å². The number of aromatic hydroxyl groups is 1. The van der Waals surface area contributed by atoms with Crippen LogP contribution in [0.3, 0.4) is 0 Å². The number of amides is 4. The van der Waals surface area contributed by atoms with Crippen LogP contribution in [0.5, 0.6) is 5.75 Å².